The molecule has 0 unspecified atom stereocenters. The first kappa shape index (κ1) is 38.5. The van der Waals surface area contributed by atoms with E-state index >= 15 is 0 Å². The highest BCUT2D eigenvalue weighted by Crippen LogP contribution is 2.46. The number of amides is 4. The molecule has 6 aromatic rings. The van der Waals surface area contributed by atoms with Gasteiger partial charge in [0.15, 0.2) is 0 Å². The number of hydrogen-bond donors (Lipinski definition) is 2. The molecule has 0 fully saturated rings. The van der Waals surface area contributed by atoms with Crippen molar-refractivity contribution in [3.63, 3.8) is 0 Å². The topological polar surface area (TPSA) is 127 Å². The number of nitrogens with two attached hydrogens (primary N) is 2. The highest BCUT2D eigenvalue weighted by molar-refractivity contribution is 14.1. The number of anilines is 4. The maximum absolute atomic E-state index is 14.0. The molecule has 0 bridgehead atoms. The molecule has 0 radical (unpaired) electrons. The number of halogens is 6. The van der Waals surface area contributed by atoms with E-state index in [1.807, 2.05) is 48.5 Å². The summed E-state index contributed by atoms with van der Waals surface area (Å²) < 4.78 is 4.67. The van der Waals surface area contributed by atoms with Gasteiger partial charge in [0.2, 0.25) is 0 Å². The average molecular weight is 1380 g/mol. The Bertz CT molecular complexity index is 2500. The largest absolute Gasteiger partial charge is 0.399 e. The van der Waals surface area contributed by atoms with Crippen molar-refractivity contribution in [2.24, 2.45) is 0 Å². The van der Waals surface area contributed by atoms with E-state index in [1.165, 1.54) is 9.80 Å². The van der Waals surface area contributed by atoms with Crippen molar-refractivity contribution in [3.8, 4) is 33.4 Å². The number of nitrogens with zero attached hydrogens (tertiary/aromatic N) is 2. The van der Waals surface area contributed by atoms with Crippen molar-refractivity contribution >= 4 is 182 Å². The molecule has 0 spiro atoms. The smallest absolute Gasteiger partial charge is 0.266 e. The van der Waals surface area contributed by atoms with E-state index in [4.69, 9.17) is 11.5 Å². The van der Waals surface area contributed by atoms with E-state index in [1.54, 1.807) is 48.5 Å². The fourth-order valence-electron chi connectivity index (χ4n) is 6.57. The molecule has 0 saturated carbocycles. The van der Waals surface area contributed by atoms with Crippen molar-refractivity contribution in [1.82, 2.24) is 0 Å². The van der Waals surface area contributed by atoms with Crippen LogP contribution in [0.4, 0.5) is 22.7 Å². The van der Waals surface area contributed by atoms with E-state index < -0.39 is 0 Å². The fraction of sp³-hybridized carbons (Fsp3) is 0. The third-order valence-corrected chi connectivity index (χ3v) is 17.3. The summed E-state index contributed by atoms with van der Waals surface area (Å²) in [5.74, 6) is -1.50. The van der Waals surface area contributed by atoms with Crippen molar-refractivity contribution in [2.75, 3.05) is 21.3 Å². The first-order chi connectivity index (χ1) is 25.8. The van der Waals surface area contributed by atoms with Crippen LogP contribution < -0.4 is 21.3 Å². The third-order valence-electron chi connectivity index (χ3n) is 9.27. The molecule has 2 aliphatic rings. The molecule has 8 nitrogen and oxygen atoms in total. The van der Waals surface area contributed by atoms with Crippen molar-refractivity contribution in [1.29, 1.82) is 0 Å². The van der Waals surface area contributed by atoms with Gasteiger partial charge in [-0.15, -0.1) is 0 Å². The van der Waals surface area contributed by atoms with Crippen LogP contribution in [0.3, 0.4) is 0 Å². The Hall–Kier alpha value is -2.42. The molecule has 266 valence electrons. The van der Waals surface area contributed by atoms with Gasteiger partial charge in [-0.05, 0) is 230 Å². The lowest BCUT2D eigenvalue weighted by Gasteiger charge is -2.23. The van der Waals surface area contributed by atoms with Crippen molar-refractivity contribution in [3.05, 3.63) is 141 Å². The van der Waals surface area contributed by atoms with E-state index in [2.05, 4.69) is 136 Å². The number of imide groups is 2. The molecular weight excluding hydrogens is 1360 g/mol. The minimum absolute atomic E-state index is 0.351. The maximum atomic E-state index is 14.0. The minimum atomic E-state index is -0.378. The summed E-state index contributed by atoms with van der Waals surface area (Å²) in [6.45, 7) is 0. The third kappa shape index (κ3) is 6.37. The lowest BCUT2D eigenvalue weighted by molar-refractivity contribution is 0.0910. The first-order valence-electron chi connectivity index (χ1n) is 15.9. The van der Waals surface area contributed by atoms with Gasteiger partial charge in [-0.25, -0.2) is 9.80 Å². The predicted octanol–water partition coefficient (Wildman–Crippen LogP) is 11.1. The molecule has 4 amide bonds. The zero-order chi connectivity index (χ0) is 38.3. The molecule has 8 rings (SSSR count). The maximum Gasteiger partial charge on any atom is 0.266 e. The van der Waals surface area contributed by atoms with Crippen molar-refractivity contribution in [2.45, 2.75) is 0 Å². The minimum Gasteiger partial charge on any atom is -0.399 e. The molecule has 0 aliphatic carbocycles. The standard InChI is InChI=1S/C40H20I6N4O4/c41-29-15-25(31(43)33(45)35(29)49-37(51)23-11-5-19(13-27(23)39(49)53)17-1-7-21(47)8-2-17)26-16-30(42)36(34(46)32(26)44)50-38(52)24-12-6-20(14-28(24)40(50)54)18-3-9-22(48)10-4-18/h1-16H,47-48H2. The van der Waals surface area contributed by atoms with Crippen LogP contribution in [0.1, 0.15) is 41.4 Å². The Balaban J connectivity index is 1.14. The lowest BCUT2D eigenvalue weighted by Crippen LogP contribution is -2.31. The Morgan fingerprint density at radius 3 is 1.02 bits per heavy atom. The molecule has 0 aromatic heterocycles. The van der Waals surface area contributed by atoms with Crippen LogP contribution in [0.25, 0.3) is 33.4 Å². The molecule has 4 N–H and O–H groups in total. The van der Waals surface area contributed by atoms with Gasteiger partial charge in [0.25, 0.3) is 23.6 Å². The molecule has 14 heteroatoms. The van der Waals surface area contributed by atoms with Gasteiger partial charge >= 0.3 is 0 Å². The number of carbonyl (C=O) groups excluding carboxylic acids is 4. The summed E-state index contributed by atoms with van der Waals surface area (Å²) in [7, 11) is 0. The van der Waals surface area contributed by atoms with Gasteiger partial charge in [-0.1, -0.05) is 36.4 Å². The number of carbonyl (C=O) groups is 4. The quantitative estimate of drug-likeness (QED) is 0.0766. The van der Waals surface area contributed by atoms with Crippen molar-refractivity contribution < 1.29 is 19.2 Å². The summed E-state index contributed by atoms with van der Waals surface area (Å²) in [6, 6.07) is 29.4. The van der Waals surface area contributed by atoms with E-state index in [0.717, 1.165) is 54.8 Å². The summed E-state index contributed by atoms with van der Waals surface area (Å²) in [4.78, 5) is 58.1. The number of nitrogen functional groups attached to an aromatic ring is 2. The van der Waals surface area contributed by atoms with Crippen LogP contribution in [-0.2, 0) is 0 Å². The normalized spacial score (nSPS) is 13.6. The number of benzene rings is 6. The number of fused-ring (bicyclic) bond motifs is 2. The monoisotopic (exact) mass is 1380 g/mol. The van der Waals surface area contributed by atoms with Crippen LogP contribution in [0, 0.1) is 21.4 Å². The van der Waals surface area contributed by atoms with Crippen LogP contribution in [0.15, 0.2) is 97.1 Å². The summed E-state index contributed by atoms with van der Waals surface area (Å²) in [5.41, 5.74) is 20.7. The van der Waals surface area contributed by atoms with Crippen LogP contribution in [0.5, 0.6) is 0 Å². The lowest BCUT2D eigenvalue weighted by atomic mass is 10.00. The van der Waals surface area contributed by atoms with Crippen LogP contribution >= 0.6 is 136 Å². The van der Waals surface area contributed by atoms with Gasteiger partial charge < -0.3 is 11.5 Å². The molecule has 0 atom stereocenters. The summed E-state index contributed by atoms with van der Waals surface area (Å²) in [5, 5.41) is 0. The molecular formula is C40H20I6N4O4. The second-order valence-corrected chi connectivity index (χ2v) is 19.1. The second kappa shape index (κ2) is 14.8. The zero-order valence-electron chi connectivity index (χ0n) is 27.2. The van der Waals surface area contributed by atoms with Gasteiger partial charge in [0.1, 0.15) is 0 Å². The Morgan fingerprint density at radius 1 is 0.352 bits per heavy atom. The number of hydrogen-bond acceptors (Lipinski definition) is 6. The fourth-order valence-corrected chi connectivity index (χ4v) is 12.3. The predicted molar refractivity (Wildman–Crippen MR) is 263 cm³/mol. The van der Waals surface area contributed by atoms with Crippen LogP contribution in [-0.4, -0.2) is 23.6 Å². The SMILES string of the molecule is Nc1ccc(-c2ccc3c(c2)C(=O)N(c2c(I)cc(-c4cc(I)c(N5C(=O)c6ccc(-c7ccc(N)cc7)cc6C5=O)c(I)c4I)c(I)c2I)C3=O)cc1. The molecule has 54 heavy (non-hydrogen) atoms. The highest BCUT2D eigenvalue weighted by Gasteiger charge is 2.41. The van der Waals surface area contributed by atoms with E-state index in [-0.39, 0.29) is 23.6 Å². The summed E-state index contributed by atoms with van der Waals surface area (Å²) in [6.07, 6.45) is 0. The second-order valence-electron chi connectivity index (χ2n) is 12.4. The average Bonchev–Trinajstić information content (AvgIpc) is 3.55. The van der Waals surface area contributed by atoms with Gasteiger partial charge in [-0.3, -0.25) is 19.2 Å². The summed E-state index contributed by atoms with van der Waals surface area (Å²) >= 11 is 13.3. The molecule has 6 aromatic carbocycles. The van der Waals surface area contributed by atoms with Gasteiger partial charge in [0, 0.05) is 25.7 Å². The highest BCUT2D eigenvalue weighted by atomic mass is 127. The Morgan fingerprint density at radius 2 is 0.667 bits per heavy atom. The number of rotatable bonds is 5. The first-order valence-corrected chi connectivity index (χ1v) is 22.4. The van der Waals surface area contributed by atoms with E-state index in [9.17, 15) is 19.2 Å². The van der Waals surface area contributed by atoms with E-state index in [0.29, 0.717) is 45.0 Å². The Kier molecular flexibility index (Phi) is 10.6. The Labute approximate surface area is 391 Å². The molecule has 0 saturated heterocycles. The molecule has 2 heterocycles. The van der Waals surface area contributed by atoms with Gasteiger partial charge in [-0.2, -0.15) is 0 Å². The zero-order valence-corrected chi connectivity index (χ0v) is 40.1. The van der Waals surface area contributed by atoms with Gasteiger partial charge in [0.05, 0.1) is 40.8 Å². The molecule has 2 aliphatic heterocycles. The van der Waals surface area contributed by atoms with Crippen LogP contribution in [0.2, 0.25) is 0 Å².